The normalized spacial score (nSPS) is 16.6. The Labute approximate surface area is 160 Å². The average Bonchev–Trinajstić information content (AvgIpc) is 2.58. The Morgan fingerprint density at radius 3 is 2.67 bits per heavy atom. The van der Waals surface area contributed by atoms with Gasteiger partial charge >= 0.3 is 5.85 Å². The molecule has 0 saturated carbocycles. The molecular weight excluding hydrogens is 395 g/mol. The Morgan fingerprint density at radius 2 is 2.04 bits per heavy atom. The topological polar surface area (TPSA) is 84.1 Å². The summed E-state index contributed by atoms with van der Waals surface area (Å²) in [5.74, 6) is -3.12. The molecule has 0 radical (unpaired) electrons. The smallest absolute Gasteiger partial charge is 0.408 e. The molecule has 6 nitrogen and oxygen atoms in total. The Kier molecular flexibility index (Phi) is 5.81. The van der Waals surface area contributed by atoms with E-state index in [-0.39, 0.29) is 29.5 Å². The van der Waals surface area contributed by atoms with Crippen LogP contribution in [0.1, 0.15) is 36.8 Å². The summed E-state index contributed by atoms with van der Waals surface area (Å²) in [4.78, 5) is 31.8. The number of nitrogens with one attached hydrogen (secondary N) is 2. The molecule has 1 aliphatic heterocycles. The van der Waals surface area contributed by atoms with Gasteiger partial charge in [-0.25, -0.2) is 4.98 Å². The number of aromatic amines is 1. The Balaban J connectivity index is 1.94. The maximum absolute atomic E-state index is 12.9. The zero-order valence-electron chi connectivity index (χ0n) is 14.4. The highest BCUT2D eigenvalue weighted by molar-refractivity contribution is 7.99. The average molecular weight is 413 g/mol. The van der Waals surface area contributed by atoms with Crippen LogP contribution in [0.3, 0.4) is 0 Å². The van der Waals surface area contributed by atoms with Gasteiger partial charge in [0, 0.05) is 18.1 Å². The van der Waals surface area contributed by atoms with Crippen molar-refractivity contribution in [1.82, 2.24) is 9.97 Å². The van der Waals surface area contributed by atoms with E-state index in [1.165, 1.54) is 33.1 Å². The molecule has 2 unspecified atom stereocenters. The predicted octanol–water partition coefficient (Wildman–Crippen LogP) is 3.55. The monoisotopic (exact) mass is 413 g/mol. The van der Waals surface area contributed by atoms with Crippen molar-refractivity contribution >= 4 is 32.7 Å². The van der Waals surface area contributed by atoms with Crippen molar-refractivity contribution in [1.29, 1.82) is 0 Å². The van der Waals surface area contributed by atoms with Crippen molar-refractivity contribution in [3.63, 3.8) is 0 Å². The molecule has 0 spiro atoms. The van der Waals surface area contributed by atoms with Crippen LogP contribution < -0.4 is 15.6 Å². The van der Waals surface area contributed by atoms with Gasteiger partial charge in [-0.2, -0.15) is 8.78 Å². The first-order valence-electron chi connectivity index (χ1n) is 8.29. The summed E-state index contributed by atoms with van der Waals surface area (Å²) >= 11 is 1.41. The second kappa shape index (κ2) is 7.94. The first-order valence-corrected chi connectivity index (χ1v) is 9.85. The van der Waals surface area contributed by atoms with E-state index in [2.05, 4.69) is 20.0 Å². The number of thioether (sulfide) groups is 1. The molecule has 0 fully saturated rings. The maximum Gasteiger partial charge on any atom is 0.408 e. The summed E-state index contributed by atoms with van der Waals surface area (Å²) in [6, 6.07) is 5.90. The number of benzene rings is 1. The summed E-state index contributed by atoms with van der Waals surface area (Å²) in [5.41, 5.74) is 0.688. The SMILES string of the molecule is CCCSc1nc2c(c(=O)[nH]1)C(c1ccc(OC(F)(F)P)cc1)CC(=O)N2. The van der Waals surface area contributed by atoms with E-state index in [1.54, 1.807) is 12.1 Å². The highest BCUT2D eigenvalue weighted by Gasteiger charge is 2.31. The quantitative estimate of drug-likeness (QED) is 0.430. The maximum atomic E-state index is 12.9. The Morgan fingerprint density at radius 1 is 1.33 bits per heavy atom. The minimum absolute atomic E-state index is 0.0161. The lowest BCUT2D eigenvalue weighted by atomic mass is 9.87. The lowest BCUT2D eigenvalue weighted by Gasteiger charge is -2.24. The van der Waals surface area contributed by atoms with Crippen LogP contribution in [-0.4, -0.2) is 27.5 Å². The largest absolute Gasteiger partial charge is 0.430 e. The number of aromatic nitrogens is 2. The van der Waals surface area contributed by atoms with Crippen LogP contribution in [0, 0.1) is 0 Å². The summed E-state index contributed by atoms with van der Waals surface area (Å²) in [6.07, 6.45) is 0.989. The number of fused-ring (bicyclic) bond motifs is 1. The van der Waals surface area contributed by atoms with Crippen LogP contribution in [-0.2, 0) is 4.79 Å². The van der Waals surface area contributed by atoms with Gasteiger partial charge in [-0.1, -0.05) is 30.8 Å². The summed E-state index contributed by atoms with van der Waals surface area (Å²) < 4.78 is 30.3. The molecule has 2 atom stereocenters. The molecule has 2 N–H and O–H groups in total. The van der Waals surface area contributed by atoms with Gasteiger partial charge in [-0.3, -0.25) is 9.59 Å². The highest BCUT2D eigenvalue weighted by Crippen LogP contribution is 2.36. The number of halogens is 2. The van der Waals surface area contributed by atoms with Crippen LogP contribution in [0.15, 0.2) is 34.2 Å². The summed E-state index contributed by atoms with van der Waals surface area (Å²) in [6.45, 7) is 2.02. The summed E-state index contributed by atoms with van der Waals surface area (Å²) in [5, 5.41) is 3.10. The molecular formula is C17H18F2N3O3PS. The van der Waals surface area contributed by atoms with E-state index in [9.17, 15) is 18.4 Å². The van der Waals surface area contributed by atoms with Crippen molar-refractivity contribution in [3.8, 4) is 5.75 Å². The molecule has 1 amide bonds. The van der Waals surface area contributed by atoms with Crippen LogP contribution in [0.2, 0.25) is 0 Å². The number of alkyl halides is 2. The van der Waals surface area contributed by atoms with E-state index in [4.69, 9.17) is 0 Å². The summed E-state index contributed by atoms with van der Waals surface area (Å²) in [7, 11) is 1.30. The minimum Gasteiger partial charge on any atom is -0.430 e. The molecule has 1 aromatic heterocycles. The van der Waals surface area contributed by atoms with Crippen LogP contribution >= 0.6 is 21.0 Å². The van der Waals surface area contributed by atoms with Crippen molar-refractivity contribution < 1.29 is 18.3 Å². The lowest BCUT2D eigenvalue weighted by molar-refractivity contribution is -0.116. The fraction of sp³-hybridized carbons (Fsp3) is 0.353. The molecule has 27 heavy (non-hydrogen) atoms. The number of carbonyl (C=O) groups is 1. The predicted molar refractivity (Wildman–Crippen MR) is 103 cm³/mol. The molecule has 3 rings (SSSR count). The fourth-order valence-corrected chi connectivity index (χ4v) is 3.68. The molecule has 0 bridgehead atoms. The second-order valence-corrected chi connectivity index (χ2v) is 7.78. The van der Waals surface area contributed by atoms with Crippen LogP contribution in [0.4, 0.5) is 14.6 Å². The molecule has 1 aromatic carbocycles. The molecule has 0 aliphatic carbocycles. The van der Waals surface area contributed by atoms with Gasteiger partial charge in [-0.15, -0.1) is 0 Å². The molecule has 2 aromatic rings. The zero-order valence-corrected chi connectivity index (χ0v) is 16.4. The molecule has 10 heteroatoms. The van der Waals surface area contributed by atoms with Crippen LogP contribution in [0.25, 0.3) is 0 Å². The zero-order chi connectivity index (χ0) is 19.6. The van der Waals surface area contributed by atoms with E-state index >= 15 is 0 Å². The molecule has 0 saturated heterocycles. The van der Waals surface area contributed by atoms with Crippen molar-refractivity contribution in [2.75, 3.05) is 11.1 Å². The number of rotatable bonds is 6. The number of ether oxygens (including phenoxy) is 1. The molecule has 2 heterocycles. The second-order valence-electron chi connectivity index (χ2n) is 6.02. The fourth-order valence-electron chi connectivity index (χ4n) is 2.83. The third-order valence-corrected chi connectivity index (χ3v) is 5.11. The first kappa shape index (κ1) is 19.8. The van der Waals surface area contributed by atoms with Gasteiger partial charge in [-0.05, 0) is 33.4 Å². The van der Waals surface area contributed by atoms with Crippen molar-refractivity contribution in [2.24, 2.45) is 0 Å². The number of anilines is 1. The Bertz CT molecular complexity index is 900. The molecule has 1 aliphatic rings. The number of hydrogen-bond donors (Lipinski definition) is 2. The van der Waals surface area contributed by atoms with Crippen LogP contribution in [0.5, 0.6) is 5.75 Å². The van der Waals surface area contributed by atoms with Gasteiger partial charge in [0.2, 0.25) is 5.91 Å². The third kappa shape index (κ3) is 4.84. The Hall–Kier alpha value is -1.99. The van der Waals surface area contributed by atoms with Gasteiger partial charge in [0.1, 0.15) is 11.6 Å². The van der Waals surface area contributed by atoms with Crippen molar-refractivity contribution in [3.05, 3.63) is 45.7 Å². The number of amides is 1. The first-order chi connectivity index (χ1) is 12.8. The van der Waals surface area contributed by atoms with E-state index < -0.39 is 11.8 Å². The number of nitrogens with zero attached hydrogens (tertiary/aromatic N) is 1. The third-order valence-electron chi connectivity index (χ3n) is 3.91. The van der Waals surface area contributed by atoms with Gasteiger partial charge in [0.05, 0.1) is 5.56 Å². The number of hydrogen-bond acceptors (Lipinski definition) is 5. The van der Waals surface area contributed by atoms with E-state index in [1.807, 2.05) is 6.92 Å². The van der Waals surface area contributed by atoms with Gasteiger partial charge in [0.15, 0.2) is 5.16 Å². The minimum atomic E-state index is -3.37. The van der Waals surface area contributed by atoms with Gasteiger partial charge < -0.3 is 15.0 Å². The van der Waals surface area contributed by atoms with E-state index in [0.29, 0.717) is 16.3 Å². The highest BCUT2D eigenvalue weighted by atomic mass is 32.2. The lowest BCUT2D eigenvalue weighted by Crippen LogP contribution is -2.31. The standard InChI is InChI=1S/C17H18F2N3O3PS/c1-2-7-27-16-21-14-13(15(24)22-16)11(8-12(23)20-14)9-3-5-10(6-4-9)25-17(18,19)26/h3-6,11H,2,7-8,26H2,1H3,(H2,20,21,22,23,24). The van der Waals surface area contributed by atoms with E-state index in [0.717, 1.165) is 12.2 Å². The number of carbonyl (C=O) groups excluding carboxylic acids is 1. The van der Waals surface area contributed by atoms with Crippen molar-refractivity contribution in [2.45, 2.75) is 36.7 Å². The van der Waals surface area contributed by atoms with Gasteiger partial charge in [0.25, 0.3) is 5.56 Å². The molecule has 144 valence electrons. The number of H-pyrrole nitrogens is 1.